The molecule has 0 saturated carbocycles. The number of carbonyl (C=O) groups is 1. The van der Waals surface area contributed by atoms with E-state index in [0.717, 1.165) is 89.4 Å². The summed E-state index contributed by atoms with van der Waals surface area (Å²) in [5.74, 6) is -0.910. The summed E-state index contributed by atoms with van der Waals surface area (Å²) in [6.07, 6.45) is 22.4. The molecule has 10 nitrogen and oxygen atoms in total. The maximum absolute atomic E-state index is 11.4. The second-order valence-corrected chi connectivity index (χ2v) is 12.4. The van der Waals surface area contributed by atoms with E-state index >= 15 is 0 Å². The predicted octanol–water partition coefficient (Wildman–Crippen LogP) is 7.88. The van der Waals surface area contributed by atoms with Gasteiger partial charge in [-0.15, -0.1) is 0 Å². The minimum absolute atomic E-state index is 0.136. The van der Waals surface area contributed by atoms with E-state index in [0.29, 0.717) is 0 Å². The molecule has 0 radical (unpaired) electrons. The van der Waals surface area contributed by atoms with Gasteiger partial charge in [-0.3, -0.25) is 15.0 Å². The van der Waals surface area contributed by atoms with Crippen LogP contribution in [0.1, 0.15) is 22.8 Å². The van der Waals surface area contributed by atoms with Crippen LogP contribution in [0.3, 0.4) is 0 Å². The van der Waals surface area contributed by atoms with Gasteiger partial charge in [0.25, 0.3) is 0 Å². The zero-order valence-electron chi connectivity index (χ0n) is 27.6. The van der Waals surface area contributed by atoms with Crippen molar-refractivity contribution in [1.29, 1.82) is 0 Å². The van der Waals surface area contributed by atoms with Gasteiger partial charge in [0, 0.05) is 93.6 Å². The molecule has 7 aromatic heterocycles. The third kappa shape index (κ3) is 5.63. The molecule has 0 aromatic carbocycles. The van der Waals surface area contributed by atoms with Crippen LogP contribution in [0.25, 0.3) is 90.9 Å². The van der Waals surface area contributed by atoms with Gasteiger partial charge in [0.15, 0.2) is 12.4 Å². The Hall–Kier alpha value is -7.33. The van der Waals surface area contributed by atoms with Gasteiger partial charge in [-0.25, -0.2) is 14.8 Å². The number of fused-ring (bicyclic) bond motifs is 8. The van der Waals surface area contributed by atoms with Crippen LogP contribution < -0.4 is 4.57 Å². The molecule has 52 heavy (non-hydrogen) atoms. The summed E-state index contributed by atoms with van der Waals surface area (Å²) >= 11 is 0. The summed E-state index contributed by atoms with van der Waals surface area (Å²) in [4.78, 5) is 42.3. The van der Waals surface area contributed by atoms with E-state index in [4.69, 9.17) is 9.97 Å². The van der Waals surface area contributed by atoms with Gasteiger partial charge in [0.05, 0.1) is 22.8 Å². The van der Waals surface area contributed by atoms with Crippen LogP contribution in [0.4, 0.5) is 0 Å². The molecule has 0 aliphatic carbocycles. The number of aliphatic carboxylic acids is 1. The van der Waals surface area contributed by atoms with Gasteiger partial charge < -0.3 is 15.1 Å². The fraction of sp³-hybridized carbons (Fsp3) is 0.0238. The van der Waals surface area contributed by atoms with Crippen LogP contribution in [0.5, 0.6) is 0 Å². The number of H-pyrrole nitrogens is 2. The number of aromatic amines is 2. The molecule has 7 aromatic rings. The second kappa shape index (κ2) is 12.8. The Labute approximate surface area is 297 Å². The van der Waals surface area contributed by atoms with Crippen LogP contribution in [0.15, 0.2) is 122 Å². The van der Waals surface area contributed by atoms with Gasteiger partial charge >= 0.3 is 5.97 Å². The number of hydrogen-bond donors (Lipinski definition) is 3. The predicted molar refractivity (Wildman–Crippen MR) is 202 cm³/mol. The van der Waals surface area contributed by atoms with Crippen LogP contribution >= 0.6 is 0 Å². The second-order valence-electron chi connectivity index (χ2n) is 12.4. The van der Waals surface area contributed by atoms with E-state index in [9.17, 15) is 9.90 Å². The minimum atomic E-state index is -0.910. The summed E-state index contributed by atoms with van der Waals surface area (Å²) in [5, 5.41) is 9.38. The van der Waals surface area contributed by atoms with Crippen molar-refractivity contribution in [1.82, 2.24) is 34.9 Å². The first-order valence-corrected chi connectivity index (χ1v) is 16.7. The molecule has 0 amide bonds. The van der Waals surface area contributed by atoms with Crippen molar-refractivity contribution in [2.75, 3.05) is 0 Å². The zero-order chi connectivity index (χ0) is 35.0. The zero-order valence-corrected chi connectivity index (χ0v) is 27.6. The molecule has 0 spiro atoms. The van der Waals surface area contributed by atoms with Crippen LogP contribution in [-0.4, -0.2) is 46.0 Å². The first-order chi connectivity index (χ1) is 25.6. The molecule has 248 valence electrons. The van der Waals surface area contributed by atoms with Crippen molar-refractivity contribution < 1.29 is 14.5 Å². The Morgan fingerprint density at radius 3 is 1.10 bits per heavy atom. The average Bonchev–Trinajstić information content (AvgIpc) is 4.01. The Bertz CT molecular complexity index is 2680. The Balaban J connectivity index is 1.44. The smallest absolute Gasteiger partial charge is 0.370 e. The number of rotatable bonds is 6. The molecular formula is C42H29N8O2+. The van der Waals surface area contributed by atoms with E-state index in [1.54, 1.807) is 54.1 Å². The number of nitrogens with one attached hydrogen (secondary N) is 2. The molecule has 2 aliphatic rings. The number of carboxylic acids is 1. The highest BCUT2D eigenvalue weighted by atomic mass is 16.4. The van der Waals surface area contributed by atoms with Gasteiger partial charge in [0.1, 0.15) is 0 Å². The van der Waals surface area contributed by atoms with E-state index in [-0.39, 0.29) is 6.54 Å². The highest BCUT2D eigenvalue weighted by molar-refractivity contribution is 5.99. The number of aromatic nitrogens is 8. The molecule has 9 rings (SSSR count). The minimum Gasteiger partial charge on any atom is -0.477 e. The SMILES string of the molecule is O=C(O)C[n+]1ccc(-c2c3nc(c(-c4ccncc4)c4ccc([nH]4)c(-c4ccncc4)c4nc(c(-c5ccncc5)c5ccc2[nH]5)C=C4)C=C3)cc1. The maximum atomic E-state index is 11.4. The molecule has 0 fully saturated rings. The number of hydrogen-bond acceptors (Lipinski definition) is 6. The molecule has 8 bridgehead atoms. The highest BCUT2D eigenvalue weighted by Crippen LogP contribution is 2.37. The maximum Gasteiger partial charge on any atom is 0.370 e. The monoisotopic (exact) mass is 677 g/mol. The summed E-state index contributed by atoms with van der Waals surface area (Å²) in [5.41, 5.74) is 14.1. The van der Waals surface area contributed by atoms with E-state index in [2.05, 4.69) is 61.3 Å². The first kappa shape index (κ1) is 30.7. The Morgan fingerprint density at radius 1 is 0.481 bits per heavy atom. The number of pyridine rings is 4. The third-order valence-corrected chi connectivity index (χ3v) is 9.16. The average molecular weight is 678 g/mol. The molecule has 0 atom stereocenters. The topological polar surface area (TPSA) is 137 Å². The van der Waals surface area contributed by atoms with E-state index in [1.807, 2.05) is 60.7 Å². The Morgan fingerprint density at radius 2 is 0.788 bits per heavy atom. The fourth-order valence-corrected chi connectivity index (χ4v) is 6.86. The third-order valence-electron chi connectivity index (χ3n) is 9.16. The largest absolute Gasteiger partial charge is 0.477 e. The summed E-state index contributed by atoms with van der Waals surface area (Å²) in [6.45, 7) is -0.136. The lowest BCUT2D eigenvalue weighted by molar-refractivity contribution is -0.685. The van der Waals surface area contributed by atoms with Crippen molar-refractivity contribution in [3.05, 3.63) is 145 Å². The molecule has 2 aliphatic heterocycles. The summed E-state index contributed by atoms with van der Waals surface area (Å²) in [6, 6.07) is 24.1. The standard InChI is InChI=1S/C42H28N8O2/c51-38(52)25-50-23-15-29(16-24-50)42-36-7-5-34(48-36)40(27-11-19-44-20-12-27)32-3-1-30(46-32)39(26-9-17-43-18-10-26)31-2-4-33(47-31)41(28-13-21-45-22-14-28)35-6-8-37(42)49-35/h1-24H,25H2,(H2,46,47,48,49,51,52)/p+1. The highest BCUT2D eigenvalue weighted by Gasteiger charge is 2.19. The lowest BCUT2D eigenvalue weighted by Gasteiger charge is -2.06. The van der Waals surface area contributed by atoms with E-state index < -0.39 is 5.97 Å². The molecule has 3 N–H and O–H groups in total. The van der Waals surface area contributed by atoms with Crippen LogP contribution in [-0.2, 0) is 11.3 Å². The lowest BCUT2D eigenvalue weighted by Crippen LogP contribution is -2.36. The van der Waals surface area contributed by atoms with Gasteiger partial charge in [-0.05, 0) is 107 Å². The van der Waals surface area contributed by atoms with Gasteiger partial charge in [-0.2, -0.15) is 4.57 Å². The van der Waals surface area contributed by atoms with Crippen molar-refractivity contribution in [2.24, 2.45) is 0 Å². The normalized spacial score (nSPS) is 11.9. The molecule has 9 heterocycles. The van der Waals surface area contributed by atoms with Gasteiger partial charge in [-0.1, -0.05) is 0 Å². The van der Waals surface area contributed by atoms with Crippen molar-refractivity contribution in [2.45, 2.75) is 6.54 Å². The quantitative estimate of drug-likeness (QED) is 0.152. The summed E-state index contributed by atoms with van der Waals surface area (Å²) < 4.78 is 1.63. The first-order valence-electron chi connectivity index (χ1n) is 16.7. The molecular weight excluding hydrogens is 649 g/mol. The number of carboxylic acid groups (broad SMARTS) is 1. The van der Waals surface area contributed by atoms with Gasteiger partial charge in [0.2, 0.25) is 6.54 Å². The van der Waals surface area contributed by atoms with Crippen LogP contribution in [0.2, 0.25) is 0 Å². The van der Waals surface area contributed by atoms with Crippen molar-refractivity contribution in [3.8, 4) is 44.5 Å². The van der Waals surface area contributed by atoms with Crippen LogP contribution in [0, 0.1) is 0 Å². The summed E-state index contributed by atoms with van der Waals surface area (Å²) in [7, 11) is 0. The van der Waals surface area contributed by atoms with Crippen molar-refractivity contribution >= 4 is 52.3 Å². The molecule has 10 heteroatoms. The lowest BCUT2D eigenvalue weighted by atomic mass is 10.0. The molecule has 0 saturated heterocycles. The van der Waals surface area contributed by atoms with E-state index in [1.165, 1.54) is 0 Å². The Kier molecular flexibility index (Phi) is 7.59. The van der Waals surface area contributed by atoms with Crippen molar-refractivity contribution in [3.63, 3.8) is 0 Å². The molecule has 0 unspecified atom stereocenters. The number of nitrogens with zero attached hydrogens (tertiary/aromatic N) is 6. The fourth-order valence-electron chi connectivity index (χ4n) is 6.86.